The molecule has 0 heterocycles. The quantitative estimate of drug-likeness (QED) is 0.686. The average Bonchev–Trinajstić information content (AvgIpc) is 2.35. The molecule has 1 saturated carbocycles. The van der Waals surface area contributed by atoms with E-state index in [9.17, 15) is 4.79 Å². The number of amides is 1. The highest BCUT2D eigenvalue weighted by Crippen LogP contribution is 2.26. The first-order valence-electron chi connectivity index (χ1n) is 7.66. The van der Waals surface area contributed by atoms with E-state index in [1.54, 1.807) is 0 Å². The molecule has 2 atom stereocenters. The lowest BCUT2D eigenvalue weighted by molar-refractivity contribution is -0.122. The highest BCUT2D eigenvalue weighted by molar-refractivity contribution is 5.76. The van der Waals surface area contributed by atoms with Crippen LogP contribution < -0.4 is 10.6 Å². The second kappa shape index (κ2) is 8.52. The van der Waals surface area contributed by atoms with Crippen LogP contribution in [0.3, 0.4) is 0 Å². The molecule has 3 heteroatoms. The molecule has 0 aromatic carbocycles. The van der Waals surface area contributed by atoms with Gasteiger partial charge in [-0.05, 0) is 31.7 Å². The van der Waals surface area contributed by atoms with Crippen molar-refractivity contribution >= 4 is 5.91 Å². The molecule has 2 N–H and O–H groups in total. The third kappa shape index (κ3) is 5.85. The van der Waals surface area contributed by atoms with Crippen molar-refractivity contribution in [2.45, 2.75) is 77.8 Å². The van der Waals surface area contributed by atoms with Crippen LogP contribution in [0.4, 0.5) is 0 Å². The fourth-order valence-electron chi connectivity index (χ4n) is 2.80. The summed E-state index contributed by atoms with van der Waals surface area (Å²) in [7, 11) is 0. The maximum absolute atomic E-state index is 11.9. The Morgan fingerprint density at radius 1 is 1.28 bits per heavy atom. The minimum atomic E-state index is 0.242. The number of rotatable bonds is 7. The lowest BCUT2D eigenvalue weighted by atomic mass is 9.83. The molecule has 0 saturated heterocycles. The second-order valence-corrected chi connectivity index (χ2v) is 5.84. The van der Waals surface area contributed by atoms with E-state index in [1.165, 1.54) is 32.1 Å². The fraction of sp³-hybridized carbons (Fsp3) is 0.933. The molecule has 1 rings (SSSR count). The van der Waals surface area contributed by atoms with Crippen LogP contribution in [0.5, 0.6) is 0 Å². The highest BCUT2D eigenvalue weighted by Gasteiger charge is 2.24. The van der Waals surface area contributed by atoms with Crippen molar-refractivity contribution in [3.63, 3.8) is 0 Å². The van der Waals surface area contributed by atoms with E-state index in [4.69, 9.17) is 0 Å². The van der Waals surface area contributed by atoms with Crippen molar-refractivity contribution in [3.05, 3.63) is 0 Å². The zero-order chi connectivity index (χ0) is 13.4. The lowest BCUT2D eigenvalue weighted by Crippen LogP contribution is -2.42. The van der Waals surface area contributed by atoms with Gasteiger partial charge in [-0.3, -0.25) is 4.79 Å². The molecule has 106 valence electrons. The van der Waals surface area contributed by atoms with E-state index in [1.807, 2.05) is 0 Å². The Hall–Kier alpha value is -0.570. The third-order valence-electron chi connectivity index (χ3n) is 3.91. The monoisotopic (exact) mass is 254 g/mol. The summed E-state index contributed by atoms with van der Waals surface area (Å²) in [5.41, 5.74) is 0. The minimum absolute atomic E-state index is 0.242. The molecule has 3 nitrogen and oxygen atoms in total. The summed E-state index contributed by atoms with van der Waals surface area (Å²) in [6.07, 6.45) is 7.87. The van der Waals surface area contributed by atoms with E-state index in [2.05, 4.69) is 31.4 Å². The highest BCUT2D eigenvalue weighted by atomic mass is 16.1. The van der Waals surface area contributed by atoms with Crippen molar-refractivity contribution in [2.75, 3.05) is 6.54 Å². The Bertz CT molecular complexity index is 241. The number of hydrogen-bond donors (Lipinski definition) is 2. The normalized spacial score (nSPS) is 24.2. The van der Waals surface area contributed by atoms with Gasteiger partial charge < -0.3 is 10.6 Å². The first kappa shape index (κ1) is 15.5. The summed E-state index contributed by atoms with van der Waals surface area (Å²) in [6.45, 7) is 7.44. The first-order chi connectivity index (χ1) is 8.63. The summed E-state index contributed by atoms with van der Waals surface area (Å²) < 4.78 is 0. The molecule has 0 aliphatic heterocycles. The lowest BCUT2D eigenvalue weighted by Gasteiger charge is -2.31. The van der Waals surface area contributed by atoms with Crippen molar-refractivity contribution in [3.8, 4) is 0 Å². The standard InChI is InChI=1S/C15H30N2O/c1-4-13-8-5-6-9-14(13)17-15(18)10-7-11-16-12(2)3/h12-14,16H,4-11H2,1-3H3,(H,17,18). The molecule has 2 unspecified atom stereocenters. The van der Waals surface area contributed by atoms with Crippen LogP contribution in [0.15, 0.2) is 0 Å². The van der Waals surface area contributed by atoms with Gasteiger partial charge >= 0.3 is 0 Å². The smallest absolute Gasteiger partial charge is 0.220 e. The largest absolute Gasteiger partial charge is 0.353 e. The Morgan fingerprint density at radius 2 is 2.00 bits per heavy atom. The molecule has 0 aromatic rings. The second-order valence-electron chi connectivity index (χ2n) is 5.84. The summed E-state index contributed by atoms with van der Waals surface area (Å²) in [5, 5.41) is 6.59. The number of hydrogen-bond acceptors (Lipinski definition) is 2. The zero-order valence-electron chi connectivity index (χ0n) is 12.3. The van der Waals surface area contributed by atoms with E-state index < -0.39 is 0 Å². The molecule has 1 aliphatic rings. The molecule has 0 bridgehead atoms. The fourth-order valence-corrected chi connectivity index (χ4v) is 2.80. The number of carbonyl (C=O) groups is 1. The molecular weight excluding hydrogens is 224 g/mol. The van der Waals surface area contributed by atoms with Gasteiger partial charge in [-0.1, -0.05) is 40.0 Å². The van der Waals surface area contributed by atoms with Crippen LogP contribution >= 0.6 is 0 Å². The molecule has 0 spiro atoms. The topological polar surface area (TPSA) is 41.1 Å². The summed E-state index contributed by atoms with van der Waals surface area (Å²) in [4.78, 5) is 11.9. The minimum Gasteiger partial charge on any atom is -0.353 e. The molecule has 1 fully saturated rings. The predicted octanol–water partition coefficient (Wildman–Crippen LogP) is 2.85. The Balaban J connectivity index is 2.18. The SMILES string of the molecule is CCC1CCCCC1NC(=O)CCCNC(C)C. The van der Waals surface area contributed by atoms with Crippen LogP contribution in [-0.2, 0) is 4.79 Å². The molecule has 1 amide bonds. The van der Waals surface area contributed by atoms with Crippen molar-refractivity contribution in [1.82, 2.24) is 10.6 Å². The van der Waals surface area contributed by atoms with Crippen LogP contribution in [-0.4, -0.2) is 24.5 Å². The van der Waals surface area contributed by atoms with Gasteiger partial charge in [0.05, 0.1) is 0 Å². The van der Waals surface area contributed by atoms with Crippen LogP contribution in [0, 0.1) is 5.92 Å². The van der Waals surface area contributed by atoms with Crippen LogP contribution in [0.1, 0.15) is 65.7 Å². The molecule has 1 aliphatic carbocycles. The predicted molar refractivity (Wildman–Crippen MR) is 76.6 cm³/mol. The Kier molecular flexibility index (Phi) is 7.33. The third-order valence-corrected chi connectivity index (χ3v) is 3.91. The van der Waals surface area contributed by atoms with E-state index in [-0.39, 0.29) is 5.91 Å². The van der Waals surface area contributed by atoms with Crippen molar-refractivity contribution in [2.24, 2.45) is 5.92 Å². The van der Waals surface area contributed by atoms with E-state index >= 15 is 0 Å². The van der Waals surface area contributed by atoms with Crippen LogP contribution in [0.2, 0.25) is 0 Å². The molecule has 18 heavy (non-hydrogen) atoms. The Labute approximate surface area is 112 Å². The molecular formula is C15H30N2O. The van der Waals surface area contributed by atoms with Gasteiger partial charge in [0.1, 0.15) is 0 Å². The Morgan fingerprint density at radius 3 is 2.67 bits per heavy atom. The first-order valence-corrected chi connectivity index (χ1v) is 7.66. The molecule has 0 radical (unpaired) electrons. The van der Waals surface area contributed by atoms with Gasteiger partial charge in [-0.15, -0.1) is 0 Å². The van der Waals surface area contributed by atoms with E-state index in [0.29, 0.717) is 24.4 Å². The van der Waals surface area contributed by atoms with Gasteiger partial charge in [0.25, 0.3) is 0 Å². The van der Waals surface area contributed by atoms with Gasteiger partial charge in [0.2, 0.25) is 5.91 Å². The zero-order valence-corrected chi connectivity index (χ0v) is 12.3. The van der Waals surface area contributed by atoms with Crippen molar-refractivity contribution < 1.29 is 4.79 Å². The van der Waals surface area contributed by atoms with E-state index in [0.717, 1.165) is 13.0 Å². The molecule has 0 aromatic heterocycles. The van der Waals surface area contributed by atoms with Gasteiger partial charge in [0, 0.05) is 18.5 Å². The maximum Gasteiger partial charge on any atom is 0.220 e. The summed E-state index contributed by atoms with van der Waals surface area (Å²) in [6, 6.07) is 0.949. The van der Waals surface area contributed by atoms with Crippen LogP contribution in [0.25, 0.3) is 0 Å². The number of nitrogens with one attached hydrogen (secondary N) is 2. The van der Waals surface area contributed by atoms with Gasteiger partial charge in [-0.25, -0.2) is 0 Å². The summed E-state index contributed by atoms with van der Waals surface area (Å²) in [5.74, 6) is 0.947. The van der Waals surface area contributed by atoms with Gasteiger partial charge in [-0.2, -0.15) is 0 Å². The summed E-state index contributed by atoms with van der Waals surface area (Å²) >= 11 is 0. The number of carbonyl (C=O) groups excluding carboxylic acids is 1. The average molecular weight is 254 g/mol. The van der Waals surface area contributed by atoms with Crippen molar-refractivity contribution in [1.29, 1.82) is 0 Å². The van der Waals surface area contributed by atoms with Gasteiger partial charge in [0.15, 0.2) is 0 Å². The maximum atomic E-state index is 11.9.